The van der Waals surface area contributed by atoms with Crippen LogP contribution < -0.4 is 10.2 Å². The van der Waals surface area contributed by atoms with Crippen molar-refractivity contribution in [3.05, 3.63) is 58.6 Å². The van der Waals surface area contributed by atoms with Gasteiger partial charge in [0.25, 0.3) is 0 Å². The Labute approximate surface area is 145 Å². The number of benzene rings is 2. The molecule has 0 aromatic heterocycles. The van der Waals surface area contributed by atoms with Gasteiger partial charge in [0.05, 0.1) is 5.92 Å². The van der Waals surface area contributed by atoms with Gasteiger partial charge in [-0.1, -0.05) is 15.9 Å². The molecule has 2 aromatic carbocycles. The molecule has 2 amide bonds. The fourth-order valence-corrected chi connectivity index (χ4v) is 2.84. The van der Waals surface area contributed by atoms with E-state index in [9.17, 15) is 18.4 Å². The molecule has 0 unspecified atom stereocenters. The van der Waals surface area contributed by atoms with Crippen molar-refractivity contribution in [3.8, 4) is 0 Å². The van der Waals surface area contributed by atoms with Gasteiger partial charge in [-0.05, 0) is 36.4 Å². The number of carbonyl (C=O) groups excluding carboxylic acids is 2. The third-order valence-corrected chi connectivity index (χ3v) is 4.35. The van der Waals surface area contributed by atoms with E-state index in [1.165, 1.54) is 6.07 Å². The molecule has 24 heavy (non-hydrogen) atoms. The van der Waals surface area contributed by atoms with Crippen molar-refractivity contribution in [2.45, 2.75) is 6.42 Å². The van der Waals surface area contributed by atoms with E-state index >= 15 is 0 Å². The van der Waals surface area contributed by atoms with Crippen LogP contribution in [-0.2, 0) is 9.59 Å². The summed E-state index contributed by atoms with van der Waals surface area (Å²) in [6.07, 6.45) is 0.0750. The minimum Gasteiger partial charge on any atom is -0.326 e. The minimum absolute atomic E-state index is 0.0750. The number of carbonyl (C=O) groups is 2. The Bertz CT molecular complexity index is 796. The average molecular weight is 395 g/mol. The normalized spacial score (nSPS) is 17.2. The first-order valence-corrected chi connectivity index (χ1v) is 8.05. The summed E-state index contributed by atoms with van der Waals surface area (Å²) < 4.78 is 27.0. The number of nitrogens with zero attached hydrogens (tertiary/aromatic N) is 1. The summed E-state index contributed by atoms with van der Waals surface area (Å²) in [5.74, 6) is -3.11. The van der Waals surface area contributed by atoms with Crippen LogP contribution in [0.4, 0.5) is 20.2 Å². The van der Waals surface area contributed by atoms with E-state index in [0.717, 1.165) is 16.6 Å². The molecule has 124 valence electrons. The maximum Gasteiger partial charge on any atom is 0.229 e. The van der Waals surface area contributed by atoms with Gasteiger partial charge in [-0.2, -0.15) is 0 Å². The lowest BCUT2D eigenvalue weighted by molar-refractivity contribution is -0.122. The SMILES string of the molecule is O=C(Nc1ccc(F)c(F)c1)[C@@H]1CC(=O)N(c2ccc(Br)cc2)C1. The van der Waals surface area contributed by atoms with Crippen LogP contribution in [0.3, 0.4) is 0 Å². The molecule has 0 bridgehead atoms. The Morgan fingerprint density at radius 2 is 1.83 bits per heavy atom. The second-order valence-electron chi connectivity index (χ2n) is 5.50. The fraction of sp³-hybridized carbons (Fsp3) is 0.176. The zero-order chi connectivity index (χ0) is 17.3. The zero-order valence-corrected chi connectivity index (χ0v) is 14.0. The first-order valence-electron chi connectivity index (χ1n) is 7.26. The lowest BCUT2D eigenvalue weighted by Crippen LogP contribution is -2.28. The number of halogens is 3. The Hall–Kier alpha value is -2.28. The van der Waals surface area contributed by atoms with Gasteiger partial charge in [-0.25, -0.2) is 8.78 Å². The fourth-order valence-electron chi connectivity index (χ4n) is 2.57. The molecular weight excluding hydrogens is 382 g/mol. The number of nitrogens with one attached hydrogen (secondary N) is 1. The Balaban J connectivity index is 1.69. The molecule has 1 atom stereocenters. The molecule has 1 fully saturated rings. The number of hydrogen-bond donors (Lipinski definition) is 1. The second-order valence-corrected chi connectivity index (χ2v) is 6.42. The molecule has 1 aliphatic heterocycles. The predicted molar refractivity (Wildman–Crippen MR) is 89.6 cm³/mol. The molecule has 0 radical (unpaired) electrons. The maximum absolute atomic E-state index is 13.2. The van der Waals surface area contributed by atoms with Gasteiger partial charge in [0.1, 0.15) is 0 Å². The molecule has 4 nitrogen and oxygen atoms in total. The van der Waals surface area contributed by atoms with Crippen molar-refractivity contribution in [2.24, 2.45) is 5.92 Å². The van der Waals surface area contributed by atoms with Gasteiger partial charge < -0.3 is 10.2 Å². The van der Waals surface area contributed by atoms with Crippen molar-refractivity contribution in [1.29, 1.82) is 0 Å². The van der Waals surface area contributed by atoms with Gasteiger partial charge in [-0.15, -0.1) is 0 Å². The lowest BCUT2D eigenvalue weighted by Gasteiger charge is -2.16. The molecule has 1 N–H and O–H groups in total. The largest absolute Gasteiger partial charge is 0.326 e. The van der Waals surface area contributed by atoms with Crippen LogP contribution in [0.25, 0.3) is 0 Å². The number of amides is 2. The summed E-state index contributed by atoms with van der Waals surface area (Å²) in [6.45, 7) is 0.246. The molecule has 1 saturated heterocycles. The number of hydrogen-bond acceptors (Lipinski definition) is 2. The Morgan fingerprint density at radius 3 is 2.50 bits per heavy atom. The van der Waals surface area contributed by atoms with E-state index in [1.807, 2.05) is 12.1 Å². The Morgan fingerprint density at radius 1 is 1.12 bits per heavy atom. The maximum atomic E-state index is 13.2. The van der Waals surface area contributed by atoms with E-state index in [1.54, 1.807) is 17.0 Å². The molecule has 1 aliphatic rings. The Kier molecular flexibility index (Phi) is 4.62. The monoisotopic (exact) mass is 394 g/mol. The average Bonchev–Trinajstić information content (AvgIpc) is 2.94. The van der Waals surface area contributed by atoms with Crippen LogP contribution in [0.2, 0.25) is 0 Å². The molecule has 0 aliphatic carbocycles. The summed E-state index contributed by atoms with van der Waals surface area (Å²) in [4.78, 5) is 26.0. The van der Waals surface area contributed by atoms with E-state index in [0.29, 0.717) is 5.69 Å². The van der Waals surface area contributed by atoms with Crippen molar-refractivity contribution in [1.82, 2.24) is 0 Å². The highest BCUT2D eigenvalue weighted by molar-refractivity contribution is 9.10. The predicted octanol–water partition coefficient (Wildman–Crippen LogP) is 3.72. The summed E-state index contributed by atoms with van der Waals surface area (Å²) in [6, 6.07) is 10.3. The zero-order valence-electron chi connectivity index (χ0n) is 12.4. The topological polar surface area (TPSA) is 49.4 Å². The van der Waals surface area contributed by atoms with Crippen LogP contribution in [0.1, 0.15) is 6.42 Å². The van der Waals surface area contributed by atoms with Gasteiger partial charge in [0.2, 0.25) is 11.8 Å². The highest BCUT2D eigenvalue weighted by Gasteiger charge is 2.35. The first kappa shape index (κ1) is 16.6. The van der Waals surface area contributed by atoms with Crippen LogP contribution in [0, 0.1) is 17.6 Å². The molecule has 3 rings (SSSR count). The van der Waals surface area contributed by atoms with Crippen molar-refractivity contribution < 1.29 is 18.4 Å². The highest BCUT2D eigenvalue weighted by atomic mass is 79.9. The minimum atomic E-state index is -1.04. The smallest absolute Gasteiger partial charge is 0.229 e. The van der Waals surface area contributed by atoms with Gasteiger partial charge in [0.15, 0.2) is 11.6 Å². The van der Waals surface area contributed by atoms with E-state index < -0.39 is 23.5 Å². The summed E-state index contributed by atoms with van der Waals surface area (Å²) in [5, 5.41) is 2.52. The second kappa shape index (κ2) is 6.68. The molecule has 2 aromatic rings. The first-order chi connectivity index (χ1) is 11.4. The third-order valence-electron chi connectivity index (χ3n) is 3.82. The van der Waals surface area contributed by atoms with Gasteiger partial charge in [0, 0.05) is 34.9 Å². The molecule has 7 heteroatoms. The molecule has 0 spiro atoms. The van der Waals surface area contributed by atoms with Crippen LogP contribution in [-0.4, -0.2) is 18.4 Å². The van der Waals surface area contributed by atoms with E-state index in [-0.39, 0.29) is 24.6 Å². The summed E-state index contributed by atoms with van der Waals surface area (Å²) in [5.41, 5.74) is 0.875. The quantitative estimate of drug-likeness (QED) is 0.862. The van der Waals surface area contributed by atoms with Gasteiger partial charge in [-0.3, -0.25) is 9.59 Å². The van der Waals surface area contributed by atoms with Crippen molar-refractivity contribution in [2.75, 3.05) is 16.8 Å². The number of anilines is 2. The molecule has 1 heterocycles. The lowest BCUT2D eigenvalue weighted by atomic mass is 10.1. The molecule has 0 saturated carbocycles. The van der Waals surface area contributed by atoms with Crippen molar-refractivity contribution >= 4 is 39.1 Å². The third kappa shape index (κ3) is 3.46. The highest BCUT2D eigenvalue weighted by Crippen LogP contribution is 2.27. The van der Waals surface area contributed by atoms with Crippen LogP contribution in [0.5, 0.6) is 0 Å². The standard InChI is InChI=1S/C17H13BrF2N2O2/c18-11-1-4-13(5-2-11)22-9-10(7-16(22)23)17(24)21-12-3-6-14(19)15(20)8-12/h1-6,8,10H,7,9H2,(H,21,24)/t10-/m1/s1. The number of rotatable bonds is 3. The van der Waals surface area contributed by atoms with Crippen LogP contribution >= 0.6 is 15.9 Å². The summed E-state index contributed by atoms with van der Waals surface area (Å²) in [7, 11) is 0. The van der Waals surface area contributed by atoms with Crippen molar-refractivity contribution in [3.63, 3.8) is 0 Å². The summed E-state index contributed by atoms with van der Waals surface area (Å²) >= 11 is 3.33. The van der Waals surface area contributed by atoms with Crippen LogP contribution in [0.15, 0.2) is 46.9 Å². The van der Waals surface area contributed by atoms with E-state index in [2.05, 4.69) is 21.2 Å². The van der Waals surface area contributed by atoms with Gasteiger partial charge >= 0.3 is 0 Å². The molecular formula is C17H13BrF2N2O2. The van der Waals surface area contributed by atoms with E-state index in [4.69, 9.17) is 0 Å².